The highest BCUT2D eigenvalue weighted by molar-refractivity contribution is 5.76. The quantitative estimate of drug-likeness (QED) is 0.857. The molecule has 1 aromatic carbocycles. The highest BCUT2D eigenvalue weighted by Gasteiger charge is 2.24. The number of hydrogen-bond acceptors (Lipinski definition) is 4. The molecule has 2 aromatic rings. The fourth-order valence-electron chi connectivity index (χ4n) is 3.16. The molecule has 132 valence electrons. The molecule has 3 rings (SSSR count). The summed E-state index contributed by atoms with van der Waals surface area (Å²) in [6, 6.07) is 10.1. The van der Waals surface area contributed by atoms with Crippen LogP contribution in [0.4, 0.5) is 0 Å². The van der Waals surface area contributed by atoms with Gasteiger partial charge in [0.2, 0.25) is 11.8 Å². The Morgan fingerprint density at radius 3 is 2.80 bits per heavy atom. The molecule has 1 aromatic heterocycles. The lowest BCUT2D eigenvalue weighted by atomic mass is 10.1. The number of carbonyl (C=O) groups is 1. The van der Waals surface area contributed by atoms with Gasteiger partial charge in [-0.2, -0.15) is 4.68 Å². The number of rotatable bonds is 4. The van der Waals surface area contributed by atoms with Gasteiger partial charge in [0.05, 0.1) is 6.04 Å². The van der Waals surface area contributed by atoms with Gasteiger partial charge in [-0.25, -0.2) is 4.79 Å². The second-order valence-electron chi connectivity index (χ2n) is 6.32. The van der Waals surface area contributed by atoms with Crippen molar-refractivity contribution in [1.82, 2.24) is 14.7 Å². The van der Waals surface area contributed by atoms with E-state index in [1.54, 1.807) is 6.92 Å². The molecule has 2 heterocycles. The summed E-state index contributed by atoms with van der Waals surface area (Å²) < 4.78 is 5.97. The highest BCUT2D eigenvalue weighted by atomic mass is 16.4. The van der Waals surface area contributed by atoms with E-state index in [0.29, 0.717) is 6.54 Å². The summed E-state index contributed by atoms with van der Waals surface area (Å²) in [5, 5.41) is 3.96. The molecule has 0 saturated carbocycles. The van der Waals surface area contributed by atoms with Gasteiger partial charge in [-0.1, -0.05) is 55.3 Å². The minimum Gasteiger partial charge on any atom is -0.393 e. The normalized spacial score (nSPS) is 18.4. The number of nitrogens with zero attached hydrogens (tertiary/aromatic N) is 3. The number of carbonyl (C=O) groups excluding carboxylic acids is 1. The molecule has 0 spiro atoms. The van der Waals surface area contributed by atoms with Crippen molar-refractivity contribution < 1.29 is 9.21 Å². The van der Waals surface area contributed by atoms with Crippen LogP contribution >= 0.6 is 0 Å². The molecule has 6 nitrogen and oxygen atoms in total. The highest BCUT2D eigenvalue weighted by Crippen LogP contribution is 2.19. The van der Waals surface area contributed by atoms with Crippen molar-refractivity contribution in [3.8, 4) is 0 Å². The van der Waals surface area contributed by atoms with Crippen LogP contribution in [-0.4, -0.2) is 33.2 Å². The summed E-state index contributed by atoms with van der Waals surface area (Å²) in [6.45, 7) is 2.22. The van der Waals surface area contributed by atoms with Crippen molar-refractivity contribution in [1.29, 1.82) is 0 Å². The number of amides is 1. The van der Waals surface area contributed by atoms with Crippen LogP contribution in [0.1, 0.15) is 37.1 Å². The largest absolute Gasteiger partial charge is 0.437 e. The fourth-order valence-corrected chi connectivity index (χ4v) is 3.16. The molecule has 0 N–H and O–H groups in total. The van der Waals surface area contributed by atoms with Crippen LogP contribution in [0.25, 0.3) is 6.08 Å². The molecule has 1 fully saturated rings. The third-order valence-corrected chi connectivity index (χ3v) is 4.42. The second kappa shape index (κ2) is 7.96. The summed E-state index contributed by atoms with van der Waals surface area (Å²) in [7, 11) is 0. The standard InChI is InChI=1S/C19H23N3O3/c1-15-20-22(19(24)25-15)14-18(23)21-13-7-3-6-10-17(21)12-11-16-8-4-2-5-9-16/h2,4-5,8-9,11-12,17H,3,6-7,10,13-14H2,1H3/b12-11+. The van der Waals surface area contributed by atoms with E-state index in [1.165, 1.54) is 0 Å². The Hall–Kier alpha value is -2.63. The Kier molecular flexibility index (Phi) is 5.48. The summed E-state index contributed by atoms with van der Waals surface area (Å²) in [4.78, 5) is 26.3. The van der Waals surface area contributed by atoms with E-state index < -0.39 is 5.76 Å². The SMILES string of the molecule is Cc1nn(CC(=O)N2CCCCCC2/C=C/c2ccccc2)c(=O)o1. The Bertz CT molecular complexity index is 792. The van der Waals surface area contributed by atoms with Crippen LogP contribution in [0.15, 0.2) is 45.6 Å². The summed E-state index contributed by atoms with van der Waals surface area (Å²) in [5.41, 5.74) is 1.11. The van der Waals surface area contributed by atoms with Crippen molar-refractivity contribution >= 4 is 12.0 Å². The smallest absolute Gasteiger partial charge is 0.393 e. The zero-order valence-corrected chi connectivity index (χ0v) is 14.4. The summed E-state index contributed by atoms with van der Waals surface area (Å²) >= 11 is 0. The van der Waals surface area contributed by atoms with E-state index >= 15 is 0 Å². The average molecular weight is 341 g/mol. The van der Waals surface area contributed by atoms with Crippen LogP contribution in [0, 0.1) is 6.92 Å². The molecule has 0 bridgehead atoms. The third-order valence-electron chi connectivity index (χ3n) is 4.42. The van der Waals surface area contributed by atoms with Crippen LogP contribution in [0.3, 0.4) is 0 Å². The minimum atomic E-state index is -0.586. The van der Waals surface area contributed by atoms with Gasteiger partial charge < -0.3 is 9.32 Å². The molecule has 1 unspecified atom stereocenters. The molecule has 1 aliphatic rings. The first-order valence-corrected chi connectivity index (χ1v) is 8.71. The maximum absolute atomic E-state index is 12.8. The van der Waals surface area contributed by atoms with Gasteiger partial charge in [0.25, 0.3) is 0 Å². The van der Waals surface area contributed by atoms with Crippen molar-refractivity contribution in [2.45, 2.75) is 45.2 Å². The topological polar surface area (TPSA) is 68.3 Å². The maximum Gasteiger partial charge on any atom is 0.437 e. The molecule has 1 saturated heterocycles. The molecule has 6 heteroatoms. The first-order valence-electron chi connectivity index (χ1n) is 8.71. The third kappa shape index (κ3) is 4.47. The predicted molar refractivity (Wildman–Crippen MR) is 94.9 cm³/mol. The van der Waals surface area contributed by atoms with E-state index in [0.717, 1.165) is 35.9 Å². The molecule has 0 radical (unpaired) electrons. The molecule has 25 heavy (non-hydrogen) atoms. The van der Waals surface area contributed by atoms with Gasteiger partial charge >= 0.3 is 5.76 Å². The van der Waals surface area contributed by atoms with Crippen molar-refractivity contribution in [2.75, 3.05) is 6.54 Å². The fraction of sp³-hybridized carbons (Fsp3) is 0.421. The summed E-state index contributed by atoms with van der Waals surface area (Å²) in [6.07, 6.45) is 8.27. The van der Waals surface area contributed by atoms with Gasteiger partial charge in [0.15, 0.2) is 0 Å². The van der Waals surface area contributed by atoms with Crippen molar-refractivity contribution in [3.05, 3.63) is 58.4 Å². The number of likely N-dealkylation sites (tertiary alicyclic amines) is 1. The minimum absolute atomic E-state index is 0.0407. The molecular weight excluding hydrogens is 318 g/mol. The number of aromatic nitrogens is 2. The van der Waals surface area contributed by atoms with Crippen LogP contribution in [0.5, 0.6) is 0 Å². The Labute approximate surface area is 146 Å². The summed E-state index contributed by atoms with van der Waals surface area (Å²) in [5.74, 6) is -0.411. The Morgan fingerprint density at radius 2 is 2.08 bits per heavy atom. The maximum atomic E-state index is 12.8. The Morgan fingerprint density at radius 1 is 1.28 bits per heavy atom. The second-order valence-corrected chi connectivity index (χ2v) is 6.32. The molecule has 1 amide bonds. The Balaban J connectivity index is 1.75. The molecular formula is C19H23N3O3. The zero-order chi connectivity index (χ0) is 17.6. The molecule has 1 aliphatic heterocycles. The number of aryl methyl sites for hydroxylation is 1. The van der Waals surface area contributed by atoms with Crippen molar-refractivity contribution in [2.24, 2.45) is 0 Å². The monoisotopic (exact) mass is 341 g/mol. The van der Waals surface area contributed by atoms with Gasteiger partial charge in [-0.3, -0.25) is 4.79 Å². The lowest BCUT2D eigenvalue weighted by molar-refractivity contribution is -0.133. The van der Waals surface area contributed by atoms with E-state index in [2.05, 4.69) is 17.3 Å². The zero-order valence-electron chi connectivity index (χ0n) is 14.4. The van der Waals surface area contributed by atoms with Crippen LogP contribution in [-0.2, 0) is 11.3 Å². The van der Waals surface area contributed by atoms with Crippen LogP contribution in [0.2, 0.25) is 0 Å². The lowest BCUT2D eigenvalue weighted by Gasteiger charge is -2.27. The predicted octanol–water partition coefficient (Wildman–Crippen LogP) is 2.63. The number of benzene rings is 1. The van der Waals surface area contributed by atoms with Gasteiger partial charge in [-0.05, 0) is 18.4 Å². The van der Waals surface area contributed by atoms with E-state index in [9.17, 15) is 9.59 Å². The van der Waals surface area contributed by atoms with Gasteiger partial charge in [0, 0.05) is 13.5 Å². The molecule has 0 aliphatic carbocycles. The van der Waals surface area contributed by atoms with E-state index in [4.69, 9.17) is 4.42 Å². The van der Waals surface area contributed by atoms with Crippen LogP contribution < -0.4 is 5.76 Å². The lowest BCUT2D eigenvalue weighted by Crippen LogP contribution is -2.42. The molecule has 1 atom stereocenters. The van der Waals surface area contributed by atoms with Gasteiger partial charge in [-0.15, -0.1) is 5.10 Å². The van der Waals surface area contributed by atoms with E-state index in [-0.39, 0.29) is 24.4 Å². The van der Waals surface area contributed by atoms with Gasteiger partial charge in [0.1, 0.15) is 6.54 Å². The van der Waals surface area contributed by atoms with E-state index in [1.807, 2.05) is 35.2 Å². The average Bonchev–Trinajstić information content (AvgIpc) is 2.80. The van der Waals surface area contributed by atoms with Crippen molar-refractivity contribution in [3.63, 3.8) is 0 Å². The first kappa shape index (κ1) is 17.2. The first-order chi connectivity index (χ1) is 12.1. The number of hydrogen-bond donors (Lipinski definition) is 0.